The van der Waals surface area contributed by atoms with Gasteiger partial charge in [0.2, 0.25) is 5.91 Å². The van der Waals surface area contributed by atoms with Crippen LogP contribution in [0.4, 0.5) is 0 Å². The van der Waals surface area contributed by atoms with Gasteiger partial charge in [0.15, 0.2) is 22.0 Å². The number of ether oxygens (including phenoxy) is 1. The van der Waals surface area contributed by atoms with E-state index in [1.165, 1.54) is 24.1 Å². The van der Waals surface area contributed by atoms with Crippen molar-refractivity contribution in [2.75, 3.05) is 0 Å². The summed E-state index contributed by atoms with van der Waals surface area (Å²) in [5.41, 5.74) is 1.47. The van der Waals surface area contributed by atoms with Crippen molar-refractivity contribution in [3.05, 3.63) is 84.2 Å². The van der Waals surface area contributed by atoms with Crippen molar-refractivity contribution in [1.82, 2.24) is 19.9 Å². The first-order valence-electron chi connectivity index (χ1n) is 10.5. The Morgan fingerprint density at radius 1 is 1.06 bits per heavy atom. The number of fused-ring (bicyclic) bond motifs is 1. The molecule has 5 rings (SSSR count). The normalized spacial score (nSPS) is 25.5. The van der Waals surface area contributed by atoms with E-state index in [9.17, 15) is 18.0 Å². The summed E-state index contributed by atoms with van der Waals surface area (Å²) < 4.78 is 31.2. The van der Waals surface area contributed by atoms with Gasteiger partial charge in [0.05, 0.1) is 25.4 Å². The minimum atomic E-state index is -3.89. The van der Waals surface area contributed by atoms with Crippen LogP contribution in [-0.4, -0.2) is 56.4 Å². The van der Waals surface area contributed by atoms with Crippen molar-refractivity contribution < 1.29 is 22.7 Å². The first kappa shape index (κ1) is 21.3. The third-order valence-corrected chi connectivity index (χ3v) is 9.16. The average Bonchev–Trinajstić information content (AvgIpc) is 3.36. The van der Waals surface area contributed by atoms with Crippen LogP contribution >= 0.6 is 0 Å². The van der Waals surface area contributed by atoms with Crippen molar-refractivity contribution in [2.45, 2.75) is 42.2 Å². The molecule has 0 aliphatic carbocycles. The molecular formula is C23H22N4O5S. The summed E-state index contributed by atoms with van der Waals surface area (Å²) in [4.78, 5) is 28.5. The third-order valence-electron chi connectivity index (χ3n) is 6.40. The molecule has 2 unspecified atom stereocenters. The van der Waals surface area contributed by atoms with Gasteiger partial charge < -0.3 is 9.64 Å². The number of benzene rings is 2. The van der Waals surface area contributed by atoms with Crippen LogP contribution in [0.2, 0.25) is 0 Å². The largest absolute Gasteiger partial charge is 0.451 e. The molecular weight excluding hydrogens is 444 g/mol. The molecule has 9 nitrogen and oxygen atoms in total. The van der Waals surface area contributed by atoms with Crippen LogP contribution in [0.5, 0.6) is 0 Å². The highest BCUT2D eigenvalue weighted by Crippen LogP contribution is 2.47. The smallest absolute Gasteiger partial charge is 0.331 e. The van der Waals surface area contributed by atoms with Gasteiger partial charge in [-0.3, -0.25) is 4.79 Å². The number of nitrogens with zero attached hydrogens (tertiary/aromatic N) is 4. The zero-order chi connectivity index (χ0) is 23.2. The summed E-state index contributed by atoms with van der Waals surface area (Å²) in [6.45, 7) is 1.28. The lowest BCUT2D eigenvalue weighted by molar-refractivity contribution is -0.164. The fraction of sp³-hybridized carbons (Fsp3) is 0.304. The molecule has 3 aromatic rings. The topological polar surface area (TPSA) is 111 Å². The maximum Gasteiger partial charge on any atom is 0.331 e. The molecule has 2 saturated heterocycles. The van der Waals surface area contributed by atoms with Crippen molar-refractivity contribution in [3.8, 4) is 0 Å². The second-order valence-electron chi connectivity index (χ2n) is 8.42. The molecule has 33 heavy (non-hydrogen) atoms. The van der Waals surface area contributed by atoms with Crippen molar-refractivity contribution in [2.24, 2.45) is 0 Å². The number of hydrogen-bond donors (Lipinski definition) is 0. The number of β-lactam (4-membered cyclic amide) rings is 1. The first-order valence-corrected chi connectivity index (χ1v) is 12.1. The van der Waals surface area contributed by atoms with Crippen molar-refractivity contribution in [1.29, 1.82) is 0 Å². The maximum atomic E-state index is 13.6. The zero-order valence-corrected chi connectivity index (χ0v) is 18.6. The molecule has 1 aromatic heterocycles. The standard InChI is InChI=1S/C23H22N4O5S/c1-23(15-26-24-12-13-25-26)21(27-18(28)14-19(27)33(23,30)31)22(29)32-20(16-8-4-2-5-9-16)17-10-6-3-7-11-17/h2-13,19-21H,14-15H2,1H3/t19-,21?,23?/m1/s1. The Balaban J connectivity index is 1.54. The monoisotopic (exact) mass is 466 g/mol. The lowest BCUT2D eigenvalue weighted by Gasteiger charge is -2.37. The molecule has 2 aromatic carbocycles. The number of amides is 1. The van der Waals surface area contributed by atoms with Crippen molar-refractivity contribution in [3.63, 3.8) is 0 Å². The molecule has 2 fully saturated rings. The molecule has 1 amide bonds. The molecule has 0 spiro atoms. The van der Waals surface area contributed by atoms with Gasteiger partial charge in [-0.25, -0.2) is 13.2 Å². The molecule has 0 saturated carbocycles. The van der Waals surface area contributed by atoms with Gasteiger partial charge in [-0.1, -0.05) is 60.7 Å². The molecule has 3 atom stereocenters. The highest BCUT2D eigenvalue weighted by molar-refractivity contribution is 7.93. The van der Waals surface area contributed by atoms with E-state index in [1.54, 1.807) is 0 Å². The minimum Gasteiger partial charge on any atom is -0.451 e. The molecule has 170 valence electrons. The van der Waals surface area contributed by atoms with E-state index in [-0.39, 0.29) is 13.0 Å². The van der Waals surface area contributed by atoms with Crippen LogP contribution < -0.4 is 0 Å². The first-order chi connectivity index (χ1) is 15.8. The lowest BCUT2D eigenvalue weighted by Crippen LogP contribution is -2.58. The van der Waals surface area contributed by atoms with Crippen LogP contribution in [0.15, 0.2) is 73.1 Å². The maximum absolute atomic E-state index is 13.6. The van der Waals surface area contributed by atoms with E-state index in [0.29, 0.717) is 0 Å². The van der Waals surface area contributed by atoms with E-state index < -0.39 is 44.0 Å². The Bertz CT molecular complexity index is 1240. The quantitative estimate of drug-likeness (QED) is 0.402. The SMILES string of the molecule is CC1(Cn2nccn2)C(C(=O)OC(c2ccccc2)c2ccccc2)N2C(=O)C[C@H]2S1(=O)=O. The number of carbonyl (C=O) groups excluding carboxylic acids is 2. The van der Waals surface area contributed by atoms with E-state index in [0.717, 1.165) is 16.0 Å². The fourth-order valence-electron chi connectivity index (χ4n) is 4.64. The summed E-state index contributed by atoms with van der Waals surface area (Å²) in [6.07, 6.45) is 1.96. The summed E-state index contributed by atoms with van der Waals surface area (Å²) in [5, 5.41) is 6.98. The van der Waals surface area contributed by atoms with Crippen LogP contribution in [0.3, 0.4) is 0 Å². The molecule has 0 radical (unpaired) electrons. The molecule has 0 bridgehead atoms. The van der Waals surface area contributed by atoms with Crippen LogP contribution in [0.1, 0.15) is 30.6 Å². The van der Waals surface area contributed by atoms with Gasteiger partial charge in [-0.2, -0.15) is 15.0 Å². The molecule has 3 heterocycles. The molecule has 2 aliphatic rings. The Kier molecular flexibility index (Phi) is 5.04. The number of hydrogen-bond acceptors (Lipinski definition) is 7. The van der Waals surface area contributed by atoms with Gasteiger partial charge in [0, 0.05) is 0 Å². The number of rotatable bonds is 6. The number of carbonyl (C=O) groups is 2. The minimum absolute atomic E-state index is 0.144. The van der Waals surface area contributed by atoms with Gasteiger partial charge in [0.1, 0.15) is 10.1 Å². The van der Waals surface area contributed by atoms with Gasteiger partial charge in [-0.05, 0) is 18.1 Å². The number of aromatic nitrogens is 3. The van der Waals surface area contributed by atoms with Gasteiger partial charge in [-0.15, -0.1) is 0 Å². The van der Waals surface area contributed by atoms with E-state index in [1.807, 2.05) is 60.7 Å². The predicted molar refractivity (Wildman–Crippen MR) is 117 cm³/mol. The van der Waals surface area contributed by atoms with Crippen LogP contribution in [0.25, 0.3) is 0 Å². The Morgan fingerprint density at radius 2 is 1.61 bits per heavy atom. The Morgan fingerprint density at radius 3 is 2.12 bits per heavy atom. The highest BCUT2D eigenvalue weighted by atomic mass is 32.2. The number of sulfone groups is 1. The zero-order valence-electron chi connectivity index (χ0n) is 17.8. The summed E-state index contributed by atoms with van der Waals surface area (Å²) in [6, 6.07) is 17.1. The summed E-state index contributed by atoms with van der Waals surface area (Å²) in [5.74, 6) is -1.17. The lowest BCUT2D eigenvalue weighted by atomic mass is 9.95. The molecule has 0 N–H and O–H groups in total. The van der Waals surface area contributed by atoms with Crippen LogP contribution in [-0.2, 0) is 30.7 Å². The number of esters is 1. The van der Waals surface area contributed by atoms with E-state index >= 15 is 0 Å². The van der Waals surface area contributed by atoms with Gasteiger partial charge in [0.25, 0.3) is 0 Å². The van der Waals surface area contributed by atoms with Gasteiger partial charge >= 0.3 is 5.97 Å². The second-order valence-corrected chi connectivity index (χ2v) is 11.0. The predicted octanol–water partition coefficient (Wildman–Crippen LogP) is 1.72. The van der Waals surface area contributed by atoms with E-state index in [4.69, 9.17) is 4.74 Å². The highest BCUT2D eigenvalue weighted by Gasteiger charge is 2.70. The summed E-state index contributed by atoms with van der Waals surface area (Å²) in [7, 11) is -3.89. The molecule has 10 heteroatoms. The second kappa shape index (κ2) is 7.80. The summed E-state index contributed by atoms with van der Waals surface area (Å²) >= 11 is 0. The Hall–Kier alpha value is -3.53. The molecule has 2 aliphatic heterocycles. The van der Waals surface area contributed by atoms with E-state index in [2.05, 4.69) is 10.2 Å². The fourth-order valence-corrected chi connectivity index (χ4v) is 6.98. The van der Waals surface area contributed by atoms with Crippen molar-refractivity contribution >= 4 is 21.7 Å². The van der Waals surface area contributed by atoms with Crippen LogP contribution in [0, 0.1) is 0 Å². The average molecular weight is 467 g/mol. The third kappa shape index (κ3) is 3.32. The Labute approximate surface area is 190 Å².